The number of aromatic nitrogens is 4. The topological polar surface area (TPSA) is 132 Å². The van der Waals surface area contributed by atoms with Gasteiger partial charge in [-0.25, -0.2) is 15.0 Å². The van der Waals surface area contributed by atoms with Crippen molar-refractivity contribution in [2.75, 3.05) is 16.0 Å². The number of halogens is 2. The van der Waals surface area contributed by atoms with Gasteiger partial charge in [0.05, 0.1) is 0 Å². The number of carbonyl (C=O) groups is 1. The van der Waals surface area contributed by atoms with Crippen LogP contribution in [0, 0.1) is 0 Å². The van der Waals surface area contributed by atoms with Crippen LogP contribution in [-0.2, 0) is 4.79 Å². The molecule has 0 radical (unpaired) electrons. The number of carbonyl (C=O) groups excluding carboxylic acids is 1. The third-order valence-electron chi connectivity index (χ3n) is 4.47. The normalized spacial score (nSPS) is 17.1. The minimum atomic E-state index is -3.70. The summed E-state index contributed by atoms with van der Waals surface area (Å²) in [6.45, 7) is 3.31. The van der Waals surface area contributed by atoms with Crippen molar-refractivity contribution in [2.24, 2.45) is 0 Å². The zero-order valence-corrected chi connectivity index (χ0v) is 16.6. The van der Waals surface area contributed by atoms with Gasteiger partial charge in [0.1, 0.15) is 12.1 Å². The maximum absolute atomic E-state index is 13.2. The highest BCUT2D eigenvalue weighted by atomic mass is 19.3. The second kappa shape index (κ2) is 6.87. The molecule has 1 aromatic carbocycles. The quantitative estimate of drug-likeness (QED) is 0.552. The molecule has 1 amide bonds. The van der Waals surface area contributed by atoms with E-state index < -0.39 is 11.9 Å². The number of hydrogen-bond acceptors (Lipinski definition) is 10. The fraction of sp³-hybridized carbons (Fsp3) is 0.211. The molecule has 3 N–H and O–H groups in total. The van der Waals surface area contributed by atoms with Crippen molar-refractivity contribution in [3.05, 3.63) is 36.7 Å². The lowest BCUT2D eigenvalue weighted by Gasteiger charge is -2.30. The van der Waals surface area contributed by atoms with Crippen LogP contribution in [0.15, 0.2) is 36.7 Å². The maximum Gasteiger partial charge on any atom is 0.586 e. The molecular weight excluding hydrogens is 428 g/mol. The van der Waals surface area contributed by atoms with Gasteiger partial charge < -0.3 is 30.2 Å². The van der Waals surface area contributed by atoms with Crippen LogP contribution in [0.2, 0.25) is 0 Å². The molecule has 0 unspecified atom stereocenters. The number of nitrogens with one attached hydrogen (secondary N) is 3. The molecule has 0 aliphatic carbocycles. The Hall–Kier alpha value is -4.29. The van der Waals surface area contributed by atoms with Crippen molar-refractivity contribution in [3.63, 3.8) is 0 Å². The average Bonchev–Trinajstić information content (AvgIpc) is 3.02. The number of nitrogens with zero attached hydrogens (tertiary/aromatic N) is 4. The number of pyridine rings is 1. The monoisotopic (exact) mass is 443 g/mol. The first-order valence-electron chi connectivity index (χ1n) is 9.31. The third-order valence-corrected chi connectivity index (χ3v) is 4.47. The van der Waals surface area contributed by atoms with Crippen LogP contribution in [0.1, 0.15) is 13.8 Å². The number of hydrogen-bond donors (Lipinski definition) is 3. The minimum Gasteiger partial charge on any atom is -0.474 e. The third kappa shape index (κ3) is 3.75. The molecular formula is C19H15F2N7O4. The van der Waals surface area contributed by atoms with Crippen LogP contribution in [0.3, 0.4) is 0 Å². The molecule has 164 valence electrons. The Bertz CT molecular complexity index is 1240. The fourth-order valence-electron chi connectivity index (χ4n) is 2.95. The Kier molecular flexibility index (Phi) is 4.22. The highest BCUT2D eigenvalue weighted by Crippen LogP contribution is 2.42. The standard InChI is InChI=1S/C19H15F2N7O4/c1-18(2)15(29)27-14-11(30-18)5-6-13(25-14)26-17-23-8-22-16(28-17)24-9-3-4-10-12(7-9)32-19(20,21)31-10/h3-8H,1-2H3,(H3,22,23,24,25,26,27,28,29). The van der Waals surface area contributed by atoms with E-state index in [0.29, 0.717) is 17.3 Å². The van der Waals surface area contributed by atoms with Gasteiger partial charge in [-0.15, -0.1) is 8.78 Å². The van der Waals surface area contributed by atoms with Gasteiger partial charge >= 0.3 is 6.29 Å². The number of alkyl halides is 2. The molecule has 2 aliphatic rings. The fourth-order valence-corrected chi connectivity index (χ4v) is 2.95. The number of ether oxygens (including phenoxy) is 3. The van der Waals surface area contributed by atoms with Crippen LogP contribution in [0.4, 0.5) is 38.0 Å². The number of fused-ring (bicyclic) bond motifs is 2. The smallest absolute Gasteiger partial charge is 0.474 e. The molecule has 13 heteroatoms. The largest absolute Gasteiger partial charge is 0.586 e. The summed E-state index contributed by atoms with van der Waals surface area (Å²) in [5.41, 5.74) is -0.597. The van der Waals surface area contributed by atoms with Gasteiger partial charge in [-0.1, -0.05) is 0 Å². The molecule has 4 heterocycles. The lowest BCUT2D eigenvalue weighted by molar-refractivity contribution is -0.286. The molecule has 0 spiro atoms. The molecule has 5 rings (SSSR count). The van der Waals surface area contributed by atoms with Gasteiger partial charge in [-0.3, -0.25) is 4.79 Å². The van der Waals surface area contributed by atoms with Crippen molar-refractivity contribution >= 4 is 35.1 Å². The highest BCUT2D eigenvalue weighted by molar-refractivity contribution is 5.99. The van der Waals surface area contributed by atoms with Crippen LogP contribution < -0.4 is 30.2 Å². The first-order chi connectivity index (χ1) is 15.2. The Balaban J connectivity index is 1.32. The molecule has 0 saturated carbocycles. The van der Waals surface area contributed by atoms with Gasteiger partial charge in [0.25, 0.3) is 5.91 Å². The van der Waals surface area contributed by atoms with Crippen LogP contribution in [-0.4, -0.2) is 37.7 Å². The van der Waals surface area contributed by atoms with Crippen molar-refractivity contribution in [1.29, 1.82) is 0 Å². The molecule has 0 fully saturated rings. The van der Waals surface area contributed by atoms with E-state index in [-0.39, 0.29) is 35.1 Å². The maximum atomic E-state index is 13.2. The number of rotatable bonds is 4. The van der Waals surface area contributed by atoms with Crippen molar-refractivity contribution in [2.45, 2.75) is 25.7 Å². The minimum absolute atomic E-state index is 0.0727. The van der Waals surface area contributed by atoms with E-state index in [1.54, 1.807) is 26.0 Å². The van der Waals surface area contributed by atoms with E-state index >= 15 is 0 Å². The van der Waals surface area contributed by atoms with E-state index in [4.69, 9.17) is 4.74 Å². The molecule has 2 aromatic heterocycles. The first kappa shape index (κ1) is 19.7. The summed E-state index contributed by atoms with van der Waals surface area (Å²) < 4.78 is 40.8. The predicted octanol–water partition coefficient (Wildman–Crippen LogP) is 3.18. The number of benzene rings is 1. The van der Waals surface area contributed by atoms with Crippen LogP contribution in [0.25, 0.3) is 0 Å². The Morgan fingerprint density at radius 2 is 1.62 bits per heavy atom. The Morgan fingerprint density at radius 3 is 2.44 bits per heavy atom. The zero-order chi connectivity index (χ0) is 22.5. The summed E-state index contributed by atoms with van der Waals surface area (Å²) >= 11 is 0. The summed E-state index contributed by atoms with van der Waals surface area (Å²) in [5.74, 6) is 0.859. The number of amides is 1. The molecule has 32 heavy (non-hydrogen) atoms. The molecule has 3 aromatic rings. The summed E-state index contributed by atoms with van der Waals surface area (Å²) in [4.78, 5) is 28.6. The Labute approximate surface area is 179 Å². The number of anilines is 5. The van der Waals surface area contributed by atoms with Crippen LogP contribution in [0.5, 0.6) is 17.2 Å². The van der Waals surface area contributed by atoms with Crippen LogP contribution >= 0.6 is 0 Å². The highest BCUT2D eigenvalue weighted by Gasteiger charge is 2.43. The van der Waals surface area contributed by atoms with Gasteiger partial charge in [0, 0.05) is 11.8 Å². The predicted molar refractivity (Wildman–Crippen MR) is 107 cm³/mol. The van der Waals surface area contributed by atoms with E-state index in [2.05, 4.69) is 45.4 Å². The van der Waals surface area contributed by atoms with Crippen molar-refractivity contribution in [1.82, 2.24) is 19.9 Å². The van der Waals surface area contributed by atoms with Gasteiger partial charge in [-0.2, -0.15) is 4.98 Å². The Morgan fingerprint density at radius 1 is 0.906 bits per heavy atom. The summed E-state index contributed by atoms with van der Waals surface area (Å²) in [5, 5.41) is 8.47. The summed E-state index contributed by atoms with van der Waals surface area (Å²) in [6, 6.07) is 7.49. The molecule has 0 atom stereocenters. The lowest BCUT2D eigenvalue weighted by atomic mass is 10.1. The van der Waals surface area contributed by atoms with Gasteiger partial charge in [0.15, 0.2) is 28.7 Å². The van der Waals surface area contributed by atoms with E-state index in [9.17, 15) is 13.6 Å². The molecule has 0 bridgehead atoms. The summed E-state index contributed by atoms with van der Waals surface area (Å²) in [7, 11) is 0. The van der Waals surface area contributed by atoms with Crippen molar-refractivity contribution in [3.8, 4) is 17.2 Å². The molecule has 2 aliphatic heterocycles. The SMILES string of the molecule is CC1(C)Oc2ccc(Nc3ncnc(Nc4ccc5c(c4)OC(F)(F)O5)n3)nc2NC1=O. The average molecular weight is 443 g/mol. The van der Waals surface area contributed by atoms with Gasteiger partial charge in [-0.05, 0) is 38.1 Å². The van der Waals surface area contributed by atoms with E-state index in [0.717, 1.165) is 0 Å². The first-order valence-corrected chi connectivity index (χ1v) is 9.31. The zero-order valence-electron chi connectivity index (χ0n) is 16.6. The van der Waals surface area contributed by atoms with Gasteiger partial charge in [0.2, 0.25) is 11.9 Å². The summed E-state index contributed by atoms with van der Waals surface area (Å²) in [6.07, 6.45) is -2.45. The second-order valence-corrected chi connectivity index (χ2v) is 7.32. The van der Waals surface area contributed by atoms with E-state index in [1.807, 2.05) is 0 Å². The lowest BCUT2D eigenvalue weighted by Crippen LogP contribution is -2.46. The second-order valence-electron chi connectivity index (χ2n) is 7.32. The van der Waals surface area contributed by atoms with Crippen molar-refractivity contribution < 1.29 is 27.8 Å². The molecule has 11 nitrogen and oxygen atoms in total. The van der Waals surface area contributed by atoms with E-state index in [1.165, 1.54) is 24.5 Å². The molecule has 0 saturated heterocycles.